The molecular weight excluding hydrogens is 190 g/mol. The van der Waals surface area contributed by atoms with Crippen LogP contribution in [0.4, 0.5) is 4.79 Å². The topological polar surface area (TPSA) is 98.9 Å². The number of nitrogens with two attached hydrogens (primary N) is 1. The molecule has 0 aromatic carbocycles. The van der Waals surface area contributed by atoms with E-state index in [0.717, 1.165) is 0 Å². The Balaban J connectivity index is 4.02. The van der Waals surface area contributed by atoms with Crippen LogP contribution < -0.4 is 5.73 Å². The highest BCUT2D eigenvalue weighted by molar-refractivity contribution is 5.85. The minimum absolute atomic E-state index is 0.582. The fourth-order valence-electron chi connectivity index (χ4n) is 0.503. The lowest BCUT2D eigenvalue weighted by Crippen LogP contribution is -2.38. The third-order valence-corrected chi connectivity index (χ3v) is 1.07. The summed E-state index contributed by atoms with van der Waals surface area (Å²) in [5.41, 5.74) is 4.36. The first-order valence-electron chi connectivity index (χ1n) is 4.07. The molecule has 0 heterocycles. The van der Waals surface area contributed by atoms with E-state index < -0.39 is 30.4 Å². The molecule has 82 valence electrons. The van der Waals surface area contributed by atoms with Gasteiger partial charge in [0, 0.05) is 0 Å². The van der Waals surface area contributed by atoms with E-state index in [-0.39, 0.29) is 0 Å². The molecule has 0 saturated carbocycles. The number of esters is 1. The smallest absolute Gasteiger partial charge is 0.428 e. The number of rotatable bonds is 2. The van der Waals surface area contributed by atoms with E-state index in [1.54, 1.807) is 20.8 Å². The van der Waals surface area contributed by atoms with Crippen LogP contribution in [0, 0.1) is 0 Å². The SMILES string of the molecule is CC(C)(C)OC(=O)OC(=O)[C@H](N)CO. The van der Waals surface area contributed by atoms with Gasteiger partial charge < -0.3 is 20.3 Å². The van der Waals surface area contributed by atoms with Crippen molar-refractivity contribution in [2.24, 2.45) is 5.73 Å². The van der Waals surface area contributed by atoms with Crippen molar-refractivity contribution in [1.82, 2.24) is 0 Å². The highest BCUT2D eigenvalue weighted by Gasteiger charge is 2.23. The molecule has 3 N–H and O–H groups in total. The van der Waals surface area contributed by atoms with Crippen molar-refractivity contribution < 1.29 is 24.2 Å². The maximum atomic E-state index is 10.9. The van der Waals surface area contributed by atoms with Gasteiger partial charge in [0.25, 0.3) is 0 Å². The summed E-state index contributed by atoms with van der Waals surface area (Å²) in [5.74, 6) is -1.01. The number of aliphatic hydroxyl groups excluding tert-OH is 1. The summed E-state index contributed by atoms with van der Waals surface area (Å²) in [4.78, 5) is 21.7. The van der Waals surface area contributed by atoms with Crippen LogP contribution in [0.1, 0.15) is 20.8 Å². The van der Waals surface area contributed by atoms with Gasteiger partial charge in [-0.3, -0.25) is 0 Å². The van der Waals surface area contributed by atoms with E-state index in [2.05, 4.69) is 9.47 Å². The third-order valence-electron chi connectivity index (χ3n) is 1.07. The Bertz CT molecular complexity index is 220. The molecule has 0 radical (unpaired) electrons. The molecule has 0 amide bonds. The quantitative estimate of drug-likeness (QED) is 0.477. The highest BCUT2D eigenvalue weighted by Crippen LogP contribution is 2.08. The van der Waals surface area contributed by atoms with Crippen LogP contribution in [0.2, 0.25) is 0 Å². The predicted octanol–water partition coefficient (Wildman–Crippen LogP) is -0.216. The zero-order chi connectivity index (χ0) is 11.4. The molecule has 0 unspecified atom stereocenters. The van der Waals surface area contributed by atoms with Crippen LogP contribution in [-0.2, 0) is 14.3 Å². The zero-order valence-electron chi connectivity index (χ0n) is 8.44. The first-order valence-corrected chi connectivity index (χ1v) is 4.07. The van der Waals surface area contributed by atoms with Gasteiger partial charge in [-0.25, -0.2) is 9.59 Å². The second-order valence-electron chi connectivity index (χ2n) is 3.67. The number of aliphatic hydroxyl groups is 1. The normalized spacial score (nSPS) is 13.2. The first kappa shape index (κ1) is 12.9. The van der Waals surface area contributed by atoms with Gasteiger partial charge in [-0.2, -0.15) is 0 Å². The Hall–Kier alpha value is -1.14. The molecular formula is C8H15NO5. The van der Waals surface area contributed by atoms with Gasteiger partial charge in [0.05, 0.1) is 6.61 Å². The van der Waals surface area contributed by atoms with Gasteiger partial charge in [0.15, 0.2) is 0 Å². The molecule has 0 aromatic heterocycles. The Kier molecular flexibility index (Phi) is 4.52. The van der Waals surface area contributed by atoms with Crippen molar-refractivity contribution in [2.75, 3.05) is 6.61 Å². The van der Waals surface area contributed by atoms with Crippen LogP contribution in [0.25, 0.3) is 0 Å². The Morgan fingerprint density at radius 3 is 2.29 bits per heavy atom. The fourth-order valence-corrected chi connectivity index (χ4v) is 0.503. The molecule has 0 bridgehead atoms. The van der Waals surface area contributed by atoms with Gasteiger partial charge >= 0.3 is 12.1 Å². The minimum Gasteiger partial charge on any atom is -0.428 e. The van der Waals surface area contributed by atoms with E-state index in [0.29, 0.717) is 0 Å². The van der Waals surface area contributed by atoms with Crippen LogP contribution in [-0.4, -0.2) is 35.5 Å². The highest BCUT2D eigenvalue weighted by atomic mass is 16.7. The summed E-state index contributed by atoms with van der Waals surface area (Å²) in [6.07, 6.45) is -1.12. The lowest BCUT2D eigenvalue weighted by molar-refractivity contribution is -0.143. The average molecular weight is 205 g/mol. The molecule has 1 atom stereocenters. The van der Waals surface area contributed by atoms with E-state index in [1.807, 2.05) is 0 Å². The summed E-state index contributed by atoms with van der Waals surface area (Å²) in [6, 6.07) is -1.22. The van der Waals surface area contributed by atoms with Gasteiger partial charge in [0.1, 0.15) is 11.6 Å². The predicted molar refractivity (Wildman–Crippen MR) is 47.4 cm³/mol. The second-order valence-corrected chi connectivity index (χ2v) is 3.67. The molecule has 0 fully saturated rings. The lowest BCUT2D eigenvalue weighted by Gasteiger charge is -2.18. The standard InChI is InChI=1S/C8H15NO5/c1-8(2,3)14-7(12)13-6(11)5(9)4-10/h5,10H,4,9H2,1-3H3/t5-/m1/s1. The lowest BCUT2D eigenvalue weighted by atomic mass is 10.2. The largest absolute Gasteiger partial charge is 0.516 e. The molecule has 0 aromatic rings. The molecule has 6 nitrogen and oxygen atoms in total. The monoisotopic (exact) mass is 205 g/mol. The average Bonchev–Trinajstić information content (AvgIpc) is 1.99. The van der Waals surface area contributed by atoms with E-state index in [9.17, 15) is 9.59 Å². The van der Waals surface area contributed by atoms with Gasteiger partial charge in [-0.15, -0.1) is 0 Å². The summed E-state index contributed by atoms with van der Waals surface area (Å²) in [6.45, 7) is 4.31. The summed E-state index contributed by atoms with van der Waals surface area (Å²) >= 11 is 0. The van der Waals surface area contributed by atoms with Gasteiger partial charge in [-0.1, -0.05) is 0 Å². The molecule has 0 aliphatic rings. The molecule has 0 aliphatic carbocycles. The molecule has 0 rings (SSSR count). The molecule has 0 saturated heterocycles. The number of ether oxygens (including phenoxy) is 2. The Labute approximate surface area is 82.0 Å². The van der Waals surface area contributed by atoms with Gasteiger partial charge in [-0.05, 0) is 20.8 Å². The van der Waals surface area contributed by atoms with E-state index in [4.69, 9.17) is 10.8 Å². The summed E-state index contributed by atoms with van der Waals surface area (Å²) < 4.78 is 8.88. The van der Waals surface area contributed by atoms with Crippen molar-refractivity contribution in [2.45, 2.75) is 32.4 Å². The fraction of sp³-hybridized carbons (Fsp3) is 0.750. The maximum absolute atomic E-state index is 10.9. The van der Waals surface area contributed by atoms with Crippen molar-refractivity contribution in [3.63, 3.8) is 0 Å². The summed E-state index contributed by atoms with van der Waals surface area (Å²) in [7, 11) is 0. The minimum atomic E-state index is -1.22. The van der Waals surface area contributed by atoms with Crippen LogP contribution in [0.5, 0.6) is 0 Å². The number of carbonyl (C=O) groups excluding carboxylic acids is 2. The maximum Gasteiger partial charge on any atom is 0.516 e. The van der Waals surface area contributed by atoms with E-state index in [1.165, 1.54) is 0 Å². The van der Waals surface area contributed by atoms with Crippen molar-refractivity contribution in [1.29, 1.82) is 0 Å². The number of hydrogen-bond donors (Lipinski definition) is 2. The van der Waals surface area contributed by atoms with E-state index >= 15 is 0 Å². The van der Waals surface area contributed by atoms with Crippen LogP contribution in [0.15, 0.2) is 0 Å². The van der Waals surface area contributed by atoms with Crippen molar-refractivity contribution in [3.8, 4) is 0 Å². The number of hydrogen-bond acceptors (Lipinski definition) is 6. The molecule has 6 heteroatoms. The van der Waals surface area contributed by atoms with Gasteiger partial charge in [0.2, 0.25) is 0 Å². The molecule has 0 spiro atoms. The second kappa shape index (κ2) is 4.92. The Morgan fingerprint density at radius 1 is 1.43 bits per heavy atom. The third kappa shape index (κ3) is 5.50. The van der Waals surface area contributed by atoms with Crippen molar-refractivity contribution in [3.05, 3.63) is 0 Å². The van der Waals surface area contributed by atoms with Crippen LogP contribution in [0.3, 0.4) is 0 Å². The number of carbonyl (C=O) groups is 2. The molecule has 0 aliphatic heterocycles. The zero-order valence-corrected chi connectivity index (χ0v) is 8.44. The molecule has 14 heavy (non-hydrogen) atoms. The van der Waals surface area contributed by atoms with Crippen molar-refractivity contribution >= 4 is 12.1 Å². The summed E-state index contributed by atoms with van der Waals surface area (Å²) in [5, 5.41) is 8.47. The Morgan fingerprint density at radius 2 is 1.93 bits per heavy atom. The van der Waals surface area contributed by atoms with Crippen LogP contribution >= 0.6 is 0 Å². The first-order chi connectivity index (χ1) is 6.26.